The summed E-state index contributed by atoms with van der Waals surface area (Å²) in [5, 5.41) is 11.5. The summed E-state index contributed by atoms with van der Waals surface area (Å²) in [6, 6.07) is 14.6. The van der Waals surface area contributed by atoms with Gasteiger partial charge < -0.3 is 15.2 Å². The zero-order chi connectivity index (χ0) is 25.1. The van der Waals surface area contributed by atoms with Crippen LogP contribution in [0.2, 0.25) is 0 Å². The minimum atomic E-state index is -0.916. The second-order valence-electron chi connectivity index (χ2n) is 11.0. The SMILES string of the molecule is O=C(O)CCNC(=O)c1ccc(C2(c3ccc(OCC4CCCCC4)c(Br)c3)CC3CCC2C3)cc1. The number of halogens is 1. The first kappa shape index (κ1) is 25.3. The summed E-state index contributed by atoms with van der Waals surface area (Å²) in [5.74, 6) is 1.79. The van der Waals surface area contributed by atoms with Gasteiger partial charge in [0.05, 0.1) is 17.5 Å². The van der Waals surface area contributed by atoms with Gasteiger partial charge in [-0.1, -0.05) is 43.9 Å². The van der Waals surface area contributed by atoms with E-state index in [1.807, 2.05) is 12.1 Å². The fourth-order valence-electron chi connectivity index (χ4n) is 6.96. The van der Waals surface area contributed by atoms with Crippen LogP contribution in [0.3, 0.4) is 0 Å². The Morgan fingerprint density at radius 3 is 2.39 bits per heavy atom. The summed E-state index contributed by atoms with van der Waals surface area (Å²) in [7, 11) is 0. The third-order valence-corrected chi connectivity index (χ3v) is 9.40. The molecule has 3 fully saturated rings. The van der Waals surface area contributed by atoms with Crippen LogP contribution in [0.5, 0.6) is 5.75 Å². The van der Waals surface area contributed by atoms with Gasteiger partial charge in [0.1, 0.15) is 5.75 Å². The van der Waals surface area contributed by atoms with Crippen molar-refractivity contribution in [2.24, 2.45) is 17.8 Å². The van der Waals surface area contributed by atoms with Crippen LogP contribution < -0.4 is 10.1 Å². The van der Waals surface area contributed by atoms with E-state index < -0.39 is 5.97 Å². The van der Waals surface area contributed by atoms with Gasteiger partial charge in [-0.05, 0) is 101 Å². The molecular formula is C30H36BrNO4. The quantitative estimate of drug-likeness (QED) is 0.361. The van der Waals surface area contributed by atoms with Crippen LogP contribution in [0.15, 0.2) is 46.9 Å². The molecule has 36 heavy (non-hydrogen) atoms. The molecule has 192 valence electrons. The number of ether oxygens (including phenoxy) is 1. The van der Waals surface area contributed by atoms with E-state index in [4.69, 9.17) is 9.84 Å². The number of carbonyl (C=O) groups excluding carboxylic acids is 1. The van der Waals surface area contributed by atoms with Crippen LogP contribution in [-0.4, -0.2) is 30.1 Å². The first-order valence-corrected chi connectivity index (χ1v) is 14.3. The Bertz CT molecular complexity index is 1090. The smallest absolute Gasteiger partial charge is 0.305 e. The third kappa shape index (κ3) is 5.20. The molecule has 2 aromatic rings. The fraction of sp³-hybridized carbons (Fsp3) is 0.533. The monoisotopic (exact) mass is 553 g/mol. The highest BCUT2D eigenvalue weighted by Gasteiger charge is 2.52. The molecule has 3 atom stereocenters. The van der Waals surface area contributed by atoms with Gasteiger partial charge in [-0.25, -0.2) is 0 Å². The van der Waals surface area contributed by atoms with Crippen molar-refractivity contribution in [2.75, 3.05) is 13.2 Å². The van der Waals surface area contributed by atoms with Gasteiger partial charge in [0.25, 0.3) is 5.91 Å². The van der Waals surface area contributed by atoms with Crippen LogP contribution in [0.1, 0.15) is 85.7 Å². The van der Waals surface area contributed by atoms with Crippen molar-refractivity contribution >= 4 is 27.8 Å². The lowest BCUT2D eigenvalue weighted by atomic mass is 9.64. The molecule has 3 aliphatic carbocycles. The number of hydrogen-bond donors (Lipinski definition) is 2. The molecule has 0 heterocycles. The maximum atomic E-state index is 12.5. The average molecular weight is 555 g/mol. The molecule has 1 amide bonds. The Hall–Kier alpha value is -2.34. The maximum absolute atomic E-state index is 12.5. The van der Waals surface area contributed by atoms with Gasteiger partial charge in [0.2, 0.25) is 0 Å². The molecule has 0 aliphatic heterocycles. The number of fused-ring (bicyclic) bond motifs is 2. The first-order valence-electron chi connectivity index (χ1n) is 13.5. The number of nitrogens with one attached hydrogen (secondary N) is 1. The lowest BCUT2D eigenvalue weighted by Crippen LogP contribution is -2.34. The van der Waals surface area contributed by atoms with Crippen LogP contribution in [-0.2, 0) is 10.2 Å². The Labute approximate surface area is 222 Å². The number of carboxylic acids is 1. The Morgan fingerprint density at radius 2 is 1.75 bits per heavy atom. The molecule has 5 rings (SSSR count). The predicted octanol–water partition coefficient (Wildman–Crippen LogP) is 6.72. The van der Waals surface area contributed by atoms with E-state index >= 15 is 0 Å². The molecule has 3 unspecified atom stereocenters. The van der Waals surface area contributed by atoms with E-state index in [0.717, 1.165) is 29.2 Å². The summed E-state index contributed by atoms with van der Waals surface area (Å²) in [6.45, 7) is 0.927. The number of hydrogen-bond acceptors (Lipinski definition) is 3. The second-order valence-corrected chi connectivity index (χ2v) is 11.8. The Morgan fingerprint density at radius 1 is 1.00 bits per heavy atom. The third-order valence-electron chi connectivity index (χ3n) is 8.78. The molecule has 0 radical (unpaired) electrons. The van der Waals surface area contributed by atoms with E-state index in [-0.39, 0.29) is 24.3 Å². The van der Waals surface area contributed by atoms with Crippen molar-refractivity contribution in [3.05, 3.63) is 63.6 Å². The molecule has 3 saturated carbocycles. The zero-order valence-electron chi connectivity index (χ0n) is 20.8. The molecule has 5 nitrogen and oxygen atoms in total. The summed E-state index contributed by atoms with van der Waals surface area (Å²) in [5.41, 5.74) is 3.10. The Balaban J connectivity index is 1.36. The molecule has 0 spiro atoms. The molecule has 2 bridgehead atoms. The van der Waals surface area contributed by atoms with Gasteiger partial charge in [-0.15, -0.1) is 0 Å². The molecule has 0 saturated heterocycles. The van der Waals surface area contributed by atoms with Crippen molar-refractivity contribution < 1.29 is 19.4 Å². The molecule has 6 heteroatoms. The zero-order valence-corrected chi connectivity index (χ0v) is 22.4. The van der Waals surface area contributed by atoms with Crippen molar-refractivity contribution in [1.82, 2.24) is 5.32 Å². The van der Waals surface area contributed by atoms with E-state index in [2.05, 4.69) is 51.6 Å². The van der Waals surface area contributed by atoms with E-state index in [0.29, 0.717) is 17.4 Å². The normalized spacial score (nSPS) is 25.6. The largest absolute Gasteiger partial charge is 0.492 e. The second kappa shape index (κ2) is 11.0. The van der Waals surface area contributed by atoms with Gasteiger partial charge >= 0.3 is 5.97 Å². The van der Waals surface area contributed by atoms with Crippen molar-refractivity contribution in [2.45, 2.75) is 69.6 Å². The van der Waals surface area contributed by atoms with E-state index in [1.54, 1.807) is 0 Å². The number of benzene rings is 2. The highest BCUT2D eigenvalue weighted by Crippen LogP contribution is 2.60. The molecule has 2 aromatic carbocycles. The maximum Gasteiger partial charge on any atom is 0.305 e. The molecule has 2 N–H and O–H groups in total. The average Bonchev–Trinajstić information content (AvgIpc) is 3.51. The topological polar surface area (TPSA) is 75.6 Å². The summed E-state index contributed by atoms with van der Waals surface area (Å²) in [6.07, 6.45) is 11.4. The standard InChI is InChI=1S/C30H36BrNO4/c31-26-17-25(12-13-27(26)36-19-20-4-2-1-3-5-20)30(18-21-6-9-24(30)16-21)23-10-7-22(8-11-23)29(35)32-15-14-28(33)34/h7-8,10-13,17,20-21,24H,1-6,9,14-16,18-19H2,(H,32,35)(H,33,34). The first-order chi connectivity index (χ1) is 17.5. The number of rotatable bonds is 9. The fourth-order valence-corrected chi connectivity index (χ4v) is 7.46. The van der Waals surface area contributed by atoms with Gasteiger partial charge in [0, 0.05) is 17.5 Å². The predicted molar refractivity (Wildman–Crippen MR) is 143 cm³/mol. The number of aliphatic carboxylic acids is 1. The van der Waals surface area contributed by atoms with Gasteiger partial charge in [0.15, 0.2) is 0 Å². The lowest BCUT2D eigenvalue weighted by Gasteiger charge is -2.39. The van der Waals surface area contributed by atoms with E-state index in [1.165, 1.54) is 62.5 Å². The lowest BCUT2D eigenvalue weighted by molar-refractivity contribution is -0.136. The Kier molecular flexibility index (Phi) is 7.71. The van der Waals surface area contributed by atoms with Crippen LogP contribution in [0.4, 0.5) is 0 Å². The van der Waals surface area contributed by atoms with E-state index in [9.17, 15) is 9.59 Å². The highest BCUT2D eigenvalue weighted by molar-refractivity contribution is 9.10. The van der Waals surface area contributed by atoms with Crippen LogP contribution in [0.25, 0.3) is 0 Å². The molecule has 3 aliphatic rings. The van der Waals surface area contributed by atoms with Gasteiger partial charge in [-0.3, -0.25) is 9.59 Å². The minimum Gasteiger partial charge on any atom is -0.492 e. The van der Waals surface area contributed by atoms with Crippen molar-refractivity contribution in [3.8, 4) is 5.75 Å². The van der Waals surface area contributed by atoms with Crippen molar-refractivity contribution in [3.63, 3.8) is 0 Å². The molecule has 0 aromatic heterocycles. The number of amides is 1. The molecular weight excluding hydrogens is 518 g/mol. The van der Waals surface area contributed by atoms with Crippen LogP contribution in [0, 0.1) is 17.8 Å². The van der Waals surface area contributed by atoms with Crippen molar-refractivity contribution in [1.29, 1.82) is 0 Å². The van der Waals surface area contributed by atoms with Crippen LogP contribution >= 0.6 is 15.9 Å². The van der Waals surface area contributed by atoms with Gasteiger partial charge in [-0.2, -0.15) is 0 Å². The highest BCUT2D eigenvalue weighted by atomic mass is 79.9. The number of carbonyl (C=O) groups is 2. The number of carboxylic acid groups (broad SMARTS) is 1. The summed E-state index contributed by atoms with van der Waals surface area (Å²) < 4.78 is 7.28. The summed E-state index contributed by atoms with van der Waals surface area (Å²) >= 11 is 3.81. The minimum absolute atomic E-state index is 0.0500. The summed E-state index contributed by atoms with van der Waals surface area (Å²) in [4.78, 5) is 23.2.